The number of tetrazole rings is 1. The third-order valence-corrected chi connectivity index (χ3v) is 8.88. The van der Waals surface area contributed by atoms with Crippen molar-refractivity contribution in [1.29, 1.82) is 0 Å². The lowest BCUT2D eigenvalue weighted by molar-refractivity contribution is -0.130. The van der Waals surface area contributed by atoms with E-state index in [1.165, 1.54) is 6.07 Å². The van der Waals surface area contributed by atoms with Crippen molar-refractivity contribution in [3.63, 3.8) is 0 Å². The zero-order valence-electron chi connectivity index (χ0n) is 28.1. The number of amides is 4. The Labute approximate surface area is 288 Å². The molecule has 1 aliphatic carbocycles. The van der Waals surface area contributed by atoms with Crippen LogP contribution in [0.15, 0.2) is 60.7 Å². The summed E-state index contributed by atoms with van der Waals surface area (Å²) in [6.45, 7) is 5.67. The number of benzene rings is 3. The third-order valence-electron chi connectivity index (χ3n) is 8.88. The smallest absolute Gasteiger partial charge is 0.404 e. The maximum atomic E-state index is 14.9. The monoisotopic (exact) mass is 684 g/mol. The summed E-state index contributed by atoms with van der Waals surface area (Å²) in [6.07, 6.45) is 1.68. The second-order valence-electron chi connectivity index (χ2n) is 12.9. The van der Waals surface area contributed by atoms with Crippen molar-refractivity contribution in [2.24, 2.45) is 11.8 Å². The second-order valence-corrected chi connectivity index (χ2v) is 12.9. The minimum Gasteiger partial charge on any atom is -0.465 e. The third kappa shape index (κ3) is 9.27. The van der Waals surface area contributed by atoms with Crippen LogP contribution in [0.3, 0.4) is 0 Å². The van der Waals surface area contributed by atoms with Crippen molar-refractivity contribution in [1.82, 2.24) is 36.6 Å². The van der Waals surface area contributed by atoms with Gasteiger partial charge in [-0.05, 0) is 116 Å². The highest BCUT2D eigenvalue weighted by Crippen LogP contribution is 2.30. The minimum absolute atomic E-state index is 0.104. The van der Waals surface area contributed by atoms with Crippen LogP contribution < -0.4 is 21.3 Å². The Morgan fingerprint density at radius 3 is 2.24 bits per heavy atom. The zero-order chi connectivity index (χ0) is 35.8. The normalized spacial score (nSPS) is 16.3. The van der Waals surface area contributed by atoms with Crippen LogP contribution in [-0.4, -0.2) is 68.2 Å². The van der Waals surface area contributed by atoms with E-state index in [9.17, 15) is 23.6 Å². The summed E-state index contributed by atoms with van der Waals surface area (Å²) in [5.41, 5.74) is 3.88. The highest BCUT2D eigenvalue weighted by atomic mass is 19.1. The fourth-order valence-electron chi connectivity index (χ4n) is 6.09. The van der Waals surface area contributed by atoms with E-state index in [0.717, 1.165) is 5.56 Å². The molecule has 13 nitrogen and oxygen atoms in total. The molecular formula is C36H41FN8O5. The molecule has 1 saturated carbocycles. The highest BCUT2D eigenvalue weighted by molar-refractivity contribution is 5.98. The van der Waals surface area contributed by atoms with Gasteiger partial charge in [-0.2, -0.15) is 5.21 Å². The molecule has 6 N–H and O–H groups in total. The number of hydrogen-bond donors (Lipinski definition) is 6. The van der Waals surface area contributed by atoms with Crippen LogP contribution in [0.1, 0.15) is 61.0 Å². The summed E-state index contributed by atoms with van der Waals surface area (Å²) in [4.78, 5) is 50.7. The van der Waals surface area contributed by atoms with Crippen molar-refractivity contribution >= 4 is 29.5 Å². The number of carboxylic acid groups (broad SMARTS) is 1. The number of aromatic nitrogens is 4. The molecule has 4 amide bonds. The van der Waals surface area contributed by atoms with Gasteiger partial charge in [0.1, 0.15) is 11.9 Å². The Hall–Kier alpha value is -5.66. The lowest BCUT2D eigenvalue weighted by Gasteiger charge is -2.29. The van der Waals surface area contributed by atoms with Crippen LogP contribution in [0.25, 0.3) is 22.5 Å². The summed E-state index contributed by atoms with van der Waals surface area (Å²) < 4.78 is 14.9. The van der Waals surface area contributed by atoms with Crippen molar-refractivity contribution in [2.75, 3.05) is 11.9 Å². The largest absolute Gasteiger partial charge is 0.465 e. The lowest BCUT2D eigenvalue weighted by Crippen LogP contribution is -2.48. The molecule has 5 rings (SSSR count). The first-order valence-corrected chi connectivity index (χ1v) is 16.6. The fourth-order valence-corrected chi connectivity index (χ4v) is 6.09. The molecule has 262 valence electrons. The molecule has 0 radical (unpaired) electrons. The molecule has 1 heterocycles. The van der Waals surface area contributed by atoms with Gasteiger partial charge in [0, 0.05) is 41.7 Å². The van der Waals surface area contributed by atoms with Gasteiger partial charge < -0.3 is 26.4 Å². The summed E-state index contributed by atoms with van der Waals surface area (Å²) >= 11 is 0. The Balaban J connectivity index is 1.32. The first kappa shape index (κ1) is 35.6. The number of nitrogens with one attached hydrogen (secondary N) is 5. The van der Waals surface area contributed by atoms with Crippen molar-refractivity contribution in [3.8, 4) is 22.5 Å². The van der Waals surface area contributed by atoms with Gasteiger partial charge in [-0.1, -0.05) is 24.3 Å². The summed E-state index contributed by atoms with van der Waals surface area (Å²) in [5.74, 6) is -1.23. The fraction of sp³-hybridized carbons (Fsp3) is 0.361. The maximum absolute atomic E-state index is 14.9. The summed E-state index contributed by atoms with van der Waals surface area (Å²) in [6, 6.07) is 16.0. The first-order valence-electron chi connectivity index (χ1n) is 16.6. The van der Waals surface area contributed by atoms with E-state index in [2.05, 4.69) is 41.9 Å². The van der Waals surface area contributed by atoms with Crippen LogP contribution in [-0.2, 0) is 16.0 Å². The quantitative estimate of drug-likeness (QED) is 0.122. The number of hydrogen-bond acceptors (Lipinski definition) is 7. The number of carbonyl (C=O) groups excluding carboxylic acids is 3. The Kier molecular flexibility index (Phi) is 11.5. The number of anilines is 1. The number of aromatic amines is 1. The molecule has 1 aliphatic rings. The molecule has 3 aromatic carbocycles. The Morgan fingerprint density at radius 2 is 1.62 bits per heavy atom. The number of carbonyl (C=O) groups is 4. The lowest BCUT2D eigenvalue weighted by atomic mass is 9.81. The molecule has 14 heteroatoms. The van der Waals surface area contributed by atoms with Crippen LogP contribution in [0.5, 0.6) is 0 Å². The topological polar surface area (TPSA) is 191 Å². The molecule has 0 bridgehead atoms. The van der Waals surface area contributed by atoms with E-state index < -0.39 is 23.9 Å². The molecule has 0 unspecified atom stereocenters. The van der Waals surface area contributed by atoms with Crippen molar-refractivity contribution in [3.05, 3.63) is 83.2 Å². The van der Waals surface area contributed by atoms with E-state index in [1.807, 2.05) is 26.0 Å². The molecule has 0 saturated heterocycles. The summed E-state index contributed by atoms with van der Waals surface area (Å²) in [5, 5.41) is 33.9. The van der Waals surface area contributed by atoms with Gasteiger partial charge in [-0.3, -0.25) is 14.4 Å². The molecule has 4 aromatic rings. The number of H-pyrrole nitrogens is 1. The van der Waals surface area contributed by atoms with Gasteiger partial charge in [0.15, 0.2) is 0 Å². The van der Waals surface area contributed by atoms with Crippen molar-refractivity contribution < 1.29 is 28.7 Å². The highest BCUT2D eigenvalue weighted by Gasteiger charge is 2.30. The van der Waals surface area contributed by atoms with E-state index >= 15 is 0 Å². The van der Waals surface area contributed by atoms with E-state index in [1.54, 1.807) is 49.4 Å². The van der Waals surface area contributed by atoms with Crippen LogP contribution in [0.2, 0.25) is 0 Å². The molecule has 0 spiro atoms. The molecule has 0 aliphatic heterocycles. The van der Waals surface area contributed by atoms with E-state index in [-0.39, 0.29) is 41.7 Å². The van der Waals surface area contributed by atoms with E-state index in [4.69, 9.17) is 5.11 Å². The molecule has 1 aromatic heterocycles. The summed E-state index contributed by atoms with van der Waals surface area (Å²) in [7, 11) is 0. The average molecular weight is 685 g/mol. The van der Waals surface area contributed by atoms with Gasteiger partial charge in [-0.25, -0.2) is 9.18 Å². The zero-order valence-corrected chi connectivity index (χ0v) is 28.1. The van der Waals surface area contributed by atoms with Gasteiger partial charge in [-0.15, -0.1) is 10.2 Å². The molecular weight excluding hydrogens is 643 g/mol. The first-order chi connectivity index (χ1) is 24.0. The number of rotatable bonds is 12. The molecule has 50 heavy (non-hydrogen) atoms. The Morgan fingerprint density at radius 1 is 0.940 bits per heavy atom. The van der Waals surface area contributed by atoms with Gasteiger partial charge >= 0.3 is 6.09 Å². The SMILES string of the molecule is Cc1c(F)cc(C(=O)NC(C)C)cc1-c1ccc(C[C@H](NC(=O)[C@H]2CC[C@H](CNC(=O)O)CC2)C(=O)Nc2ccc(-c3nn[nH]n3)cc2)cc1. The van der Waals surface area contributed by atoms with Crippen LogP contribution >= 0.6 is 0 Å². The van der Waals surface area contributed by atoms with Gasteiger partial charge in [0.25, 0.3) is 5.91 Å². The Bertz CT molecular complexity index is 1810. The average Bonchev–Trinajstić information content (AvgIpc) is 3.64. The van der Waals surface area contributed by atoms with Gasteiger partial charge in [0.2, 0.25) is 17.6 Å². The van der Waals surface area contributed by atoms with Gasteiger partial charge in [0.05, 0.1) is 0 Å². The number of nitrogens with zero attached hydrogens (tertiary/aromatic N) is 3. The van der Waals surface area contributed by atoms with Crippen LogP contribution in [0.4, 0.5) is 14.9 Å². The minimum atomic E-state index is -1.07. The standard InChI is InChI=1S/C36H41FN8O5/c1-20(2)39-34(47)27-17-29(21(3)30(37)18-27)24-8-4-22(5-9-24)16-31(41-33(46)26-10-6-23(7-11-26)19-38-36(49)50)35(48)40-28-14-12-25(13-15-28)32-42-44-45-43-32/h4-5,8-9,12-15,17-18,20,23,26,31,38H,6-7,10-11,16,19H2,1-3H3,(H,39,47)(H,40,48)(H,41,46)(H,49,50)(H,42,43,44,45)/t23-,26-,31-/m0/s1. The van der Waals surface area contributed by atoms with Crippen molar-refractivity contribution in [2.45, 2.75) is 65.0 Å². The van der Waals surface area contributed by atoms with Crippen LogP contribution in [0, 0.1) is 24.6 Å². The maximum Gasteiger partial charge on any atom is 0.404 e. The number of halogens is 1. The predicted octanol–water partition coefficient (Wildman–Crippen LogP) is 4.86. The predicted molar refractivity (Wildman–Crippen MR) is 185 cm³/mol. The van der Waals surface area contributed by atoms with E-state index in [0.29, 0.717) is 66.0 Å². The molecule has 1 fully saturated rings. The molecule has 1 atom stereocenters. The second kappa shape index (κ2) is 16.2.